The number of nitrogens with zero attached hydrogens (tertiary/aromatic N) is 1. The van der Waals surface area contributed by atoms with Crippen molar-refractivity contribution in [3.8, 4) is 0 Å². The molecular weight excluding hydrogens is 138 g/mol. The fourth-order valence-corrected chi connectivity index (χ4v) is 3.11. The number of fused-ring (bicyclic) bond motifs is 1. The number of hydrogen-bond donors (Lipinski definition) is 0. The van der Waals surface area contributed by atoms with E-state index in [1.54, 1.807) is 10.8 Å². The topological polar surface area (TPSA) is 3.24 Å². The maximum absolute atomic E-state index is 2.46. The van der Waals surface area contributed by atoms with Crippen molar-refractivity contribution < 1.29 is 0 Å². The van der Waals surface area contributed by atoms with Crippen molar-refractivity contribution in [2.45, 2.75) is 6.54 Å². The Kier molecular flexibility index (Phi) is 1.36. The van der Waals surface area contributed by atoms with Gasteiger partial charge in [0.25, 0.3) is 0 Å². The Balaban J connectivity index is 2.42. The lowest BCUT2D eigenvalue weighted by Gasteiger charge is -2.02. The highest BCUT2D eigenvalue weighted by Gasteiger charge is 2.13. The molecule has 0 atom stereocenters. The van der Waals surface area contributed by atoms with Crippen LogP contribution in [0.15, 0.2) is 24.3 Å². The summed E-state index contributed by atoms with van der Waals surface area (Å²) in [5.74, 6) is 0. The van der Waals surface area contributed by atoms with Crippen molar-refractivity contribution in [1.82, 2.24) is 4.57 Å². The van der Waals surface area contributed by atoms with Crippen LogP contribution in [0, 0.1) is 0 Å². The van der Waals surface area contributed by atoms with Crippen LogP contribution < -0.4 is 5.19 Å². The highest BCUT2D eigenvalue weighted by molar-refractivity contribution is 6.52. The first-order valence-electron chi connectivity index (χ1n) is 3.61. The van der Waals surface area contributed by atoms with Crippen molar-refractivity contribution >= 4 is 14.9 Å². The lowest BCUT2D eigenvalue weighted by molar-refractivity contribution is 0.554. The maximum Gasteiger partial charge on any atom is 0.127 e. The fraction of sp³-hybridized carbons (Fsp3) is 0.250. The molecule has 1 aromatic rings. The molecule has 2 rings (SSSR count). The minimum atomic E-state index is -0.0507. The van der Waals surface area contributed by atoms with Gasteiger partial charge in [-0.1, -0.05) is 24.3 Å². The molecule has 0 fully saturated rings. The van der Waals surface area contributed by atoms with Gasteiger partial charge in [0.15, 0.2) is 0 Å². The molecule has 0 amide bonds. The summed E-state index contributed by atoms with van der Waals surface area (Å²) in [4.78, 5) is 0. The molecule has 10 heavy (non-hydrogen) atoms. The quantitative estimate of drug-likeness (QED) is 0.463. The van der Waals surface area contributed by atoms with Crippen LogP contribution in [0.4, 0.5) is 0 Å². The first-order chi connectivity index (χ1) is 4.86. The second kappa shape index (κ2) is 2.22. The van der Waals surface area contributed by atoms with Gasteiger partial charge in [0.1, 0.15) is 9.68 Å². The van der Waals surface area contributed by atoms with Crippen LogP contribution in [0.25, 0.3) is 0 Å². The third-order valence-corrected chi connectivity index (χ3v) is 3.79. The fourth-order valence-electron chi connectivity index (χ4n) is 1.50. The molecule has 2 heteroatoms. The highest BCUT2D eigenvalue weighted by atomic mass is 28.2. The predicted molar refractivity (Wildman–Crippen MR) is 46.1 cm³/mol. The van der Waals surface area contributed by atoms with Gasteiger partial charge in [0.05, 0.1) is 0 Å². The van der Waals surface area contributed by atoms with Crippen LogP contribution in [-0.2, 0) is 6.54 Å². The van der Waals surface area contributed by atoms with E-state index in [1.807, 2.05) is 0 Å². The molecule has 0 aliphatic carbocycles. The van der Waals surface area contributed by atoms with E-state index in [9.17, 15) is 0 Å². The van der Waals surface area contributed by atoms with E-state index in [0.717, 1.165) is 0 Å². The Hall–Kier alpha value is -0.603. The summed E-state index contributed by atoms with van der Waals surface area (Å²) in [6, 6.07) is 8.79. The average molecular weight is 149 g/mol. The van der Waals surface area contributed by atoms with Gasteiger partial charge < -0.3 is 4.57 Å². The second-order valence-electron chi connectivity index (χ2n) is 2.94. The van der Waals surface area contributed by atoms with Crippen molar-refractivity contribution in [3.05, 3.63) is 29.8 Å². The molecule has 0 bridgehead atoms. The molecular formula is C8H11NSi. The van der Waals surface area contributed by atoms with Gasteiger partial charge in [-0.25, -0.2) is 0 Å². The van der Waals surface area contributed by atoms with Crippen LogP contribution in [-0.4, -0.2) is 21.3 Å². The van der Waals surface area contributed by atoms with E-state index in [-0.39, 0.29) is 9.68 Å². The van der Waals surface area contributed by atoms with Gasteiger partial charge in [-0.05, 0) is 17.8 Å². The normalized spacial score (nSPS) is 19.7. The molecule has 0 spiro atoms. The van der Waals surface area contributed by atoms with Gasteiger partial charge in [0, 0.05) is 6.54 Å². The van der Waals surface area contributed by atoms with E-state index < -0.39 is 0 Å². The zero-order valence-electron chi connectivity index (χ0n) is 6.17. The lowest BCUT2D eigenvalue weighted by Crippen LogP contribution is -2.21. The van der Waals surface area contributed by atoms with Crippen LogP contribution in [0.1, 0.15) is 5.56 Å². The predicted octanol–water partition coefficient (Wildman–Crippen LogP) is -0.159. The van der Waals surface area contributed by atoms with E-state index in [4.69, 9.17) is 0 Å². The van der Waals surface area contributed by atoms with Gasteiger partial charge in [-0.2, -0.15) is 0 Å². The molecule has 0 unspecified atom stereocenters. The number of rotatable bonds is 0. The molecule has 1 nitrogen and oxygen atoms in total. The summed E-state index contributed by atoms with van der Waals surface area (Å²) >= 11 is 0. The van der Waals surface area contributed by atoms with Crippen molar-refractivity contribution in [1.29, 1.82) is 0 Å². The number of benzene rings is 1. The monoisotopic (exact) mass is 149 g/mol. The average Bonchev–Trinajstić information content (AvgIpc) is 2.27. The van der Waals surface area contributed by atoms with Gasteiger partial charge in [0.2, 0.25) is 0 Å². The van der Waals surface area contributed by atoms with Crippen molar-refractivity contribution in [2.75, 3.05) is 7.05 Å². The van der Waals surface area contributed by atoms with Gasteiger partial charge in [-0.3, -0.25) is 0 Å². The summed E-state index contributed by atoms with van der Waals surface area (Å²) in [7, 11) is 2.16. The van der Waals surface area contributed by atoms with Crippen molar-refractivity contribution in [3.63, 3.8) is 0 Å². The summed E-state index contributed by atoms with van der Waals surface area (Å²) < 4.78 is 2.46. The molecule has 1 heterocycles. The Bertz CT molecular complexity index is 222. The first kappa shape index (κ1) is 6.13. The highest BCUT2D eigenvalue weighted by Crippen LogP contribution is 2.05. The standard InChI is InChI=1S/C8H11NSi/c1-9-6-7-4-2-3-5-8(7)10-9/h2-5H,6,10H2,1H3. The first-order valence-corrected chi connectivity index (χ1v) is 4.95. The Morgan fingerprint density at radius 2 is 2.20 bits per heavy atom. The van der Waals surface area contributed by atoms with Gasteiger partial charge >= 0.3 is 0 Å². The molecule has 0 saturated heterocycles. The van der Waals surface area contributed by atoms with Crippen LogP contribution in [0.3, 0.4) is 0 Å². The maximum atomic E-state index is 2.46. The second-order valence-corrected chi connectivity index (χ2v) is 5.10. The largest absolute Gasteiger partial charge is 0.324 e. The number of hydrogen-bond acceptors (Lipinski definition) is 1. The van der Waals surface area contributed by atoms with Crippen LogP contribution in [0.5, 0.6) is 0 Å². The molecule has 0 aromatic heterocycles. The SMILES string of the molecule is CN1Cc2ccccc2[SiH2]1. The van der Waals surface area contributed by atoms with E-state index in [1.165, 1.54) is 6.54 Å². The smallest absolute Gasteiger partial charge is 0.127 e. The third-order valence-electron chi connectivity index (χ3n) is 2.00. The third kappa shape index (κ3) is 0.894. The Morgan fingerprint density at radius 1 is 1.40 bits per heavy atom. The molecule has 1 aliphatic heterocycles. The zero-order chi connectivity index (χ0) is 6.97. The molecule has 0 radical (unpaired) electrons. The Labute approximate surface area is 63.6 Å². The van der Waals surface area contributed by atoms with E-state index >= 15 is 0 Å². The minimum Gasteiger partial charge on any atom is -0.324 e. The van der Waals surface area contributed by atoms with E-state index in [2.05, 4.69) is 35.9 Å². The Morgan fingerprint density at radius 3 is 3.00 bits per heavy atom. The zero-order valence-corrected chi connectivity index (χ0v) is 7.59. The van der Waals surface area contributed by atoms with E-state index in [0.29, 0.717) is 0 Å². The summed E-state index contributed by atoms with van der Waals surface area (Å²) in [6.45, 7) is 1.18. The molecule has 1 aromatic carbocycles. The van der Waals surface area contributed by atoms with Gasteiger partial charge in [-0.15, -0.1) is 0 Å². The van der Waals surface area contributed by atoms with Crippen LogP contribution in [0.2, 0.25) is 0 Å². The van der Waals surface area contributed by atoms with Crippen LogP contribution >= 0.6 is 0 Å². The minimum absolute atomic E-state index is 0.0507. The molecule has 0 N–H and O–H groups in total. The molecule has 0 saturated carbocycles. The lowest BCUT2D eigenvalue weighted by atomic mass is 10.2. The summed E-state index contributed by atoms with van der Waals surface area (Å²) in [6.07, 6.45) is 0. The molecule has 52 valence electrons. The molecule has 1 aliphatic rings. The summed E-state index contributed by atoms with van der Waals surface area (Å²) in [5.41, 5.74) is 1.55. The van der Waals surface area contributed by atoms with Crippen molar-refractivity contribution in [2.24, 2.45) is 0 Å². The summed E-state index contributed by atoms with van der Waals surface area (Å²) in [5, 5.41) is 1.63.